The number of rotatable bonds is 3. The fraction of sp³-hybridized carbons (Fsp3) is 0.600. The van der Waals surface area contributed by atoms with Crippen molar-refractivity contribution >= 4 is 0 Å². The van der Waals surface area contributed by atoms with E-state index in [4.69, 9.17) is 14.2 Å². The molecule has 26 heavy (non-hydrogen) atoms. The monoisotopic (exact) mass is 361 g/mol. The molecular weight excluding hydrogens is 334 g/mol. The molecule has 2 aliphatic heterocycles. The minimum absolute atomic E-state index is 0.314. The Morgan fingerprint density at radius 2 is 1.85 bits per heavy atom. The summed E-state index contributed by atoms with van der Waals surface area (Å²) >= 11 is 0. The van der Waals surface area contributed by atoms with Gasteiger partial charge in [-0.25, -0.2) is 0 Å². The number of hydrogen-bond acceptors (Lipinski definition) is 6. The van der Waals surface area contributed by atoms with Gasteiger partial charge in [-0.2, -0.15) is 0 Å². The van der Waals surface area contributed by atoms with Crippen molar-refractivity contribution in [3.8, 4) is 11.5 Å². The lowest BCUT2D eigenvalue weighted by Gasteiger charge is -2.45. The van der Waals surface area contributed by atoms with Crippen molar-refractivity contribution in [3.05, 3.63) is 34.9 Å². The standard InChI is InChI=1S/C20H27NO5/c1-24-17-7-12-5-4-6-21-11-16(23)14-8-15(22)19(26-3)10-20(14,21)13(12)9-18(17)25-2/h7-9,15-16,19,22-23H,4-6,10-11H2,1-3H3. The summed E-state index contributed by atoms with van der Waals surface area (Å²) in [7, 11) is 4.92. The second-order valence-electron chi connectivity index (χ2n) is 7.38. The quantitative estimate of drug-likeness (QED) is 0.789. The molecule has 6 heteroatoms. The molecule has 1 saturated heterocycles. The Morgan fingerprint density at radius 1 is 1.12 bits per heavy atom. The molecule has 2 N–H and O–H groups in total. The zero-order valence-electron chi connectivity index (χ0n) is 15.6. The zero-order valence-corrected chi connectivity index (χ0v) is 15.6. The fourth-order valence-electron chi connectivity index (χ4n) is 5.03. The highest BCUT2D eigenvalue weighted by atomic mass is 16.5. The van der Waals surface area contributed by atoms with Gasteiger partial charge >= 0.3 is 0 Å². The normalized spacial score (nSPS) is 33.6. The Labute approximate surface area is 154 Å². The van der Waals surface area contributed by atoms with Crippen LogP contribution in [0.3, 0.4) is 0 Å². The lowest BCUT2D eigenvalue weighted by Crippen LogP contribution is -2.50. The van der Waals surface area contributed by atoms with Crippen molar-refractivity contribution in [1.29, 1.82) is 0 Å². The van der Waals surface area contributed by atoms with Crippen molar-refractivity contribution in [2.24, 2.45) is 0 Å². The third kappa shape index (κ3) is 2.40. The smallest absolute Gasteiger partial charge is 0.161 e. The number of aliphatic hydroxyl groups excluding tert-OH is 2. The Morgan fingerprint density at radius 3 is 2.54 bits per heavy atom. The molecule has 0 radical (unpaired) electrons. The van der Waals surface area contributed by atoms with Crippen molar-refractivity contribution in [3.63, 3.8) is 0 Å². The number of hydrogen-bond donors (Lipinski definition) is 2. The molecule has 0 bridgehead atoms. The summed E-state index contributed by atoms with van der Waals surface area (Å²) < 4.78 is 16.7. The molecule has 1 aliphatic carbocycles. The van der Waals surface area contributed by atoms with Crippen LogP contribution in [0.1, 0.15) is 24.0 Å². The Balaban J connectivity index is 1.96. The van der Waals surface area contributed by atoms with Crippen LogP contribution in [0, 0.1) is 0 Å². The first-order valence-electron chi connectivity index (χ1n) is 9.16. The molecule has 4 unspecified atom stereocenters. The largest absolute Gasteiger partial charge is 0.493 e. The van der Waals surface area contributed by atoms with E-state index in [1.54, 1.807) is 27.4 Å². The number of ether oxygens (including phenoxy) is 3. The highest BCUT2D eigenvalue weighted by Crippen LogP contribution is 2.53. The maximum atomic E-state index is 10.8. The first kappa shape index (κ1) is 17.8. The summed E-state index contributed by atoms with van der Waals surface area (Å²) in [5.74, 6) is 1.41. The second kappa shape index (κ2) is 6.53. The van der Waals surface area contributed by atoms with Gasteiger partial charge in [0.1, 0.15) is 0 Å². The Kier molecular flexibility index (Phi) is 4.47. The van der Waals surface area contributed by atoms with Gasteiger partial charge < -0.3 is 24.4 Å². The third-order valence-corrected chi connectivity index (χ3v) is 6.23. The minimum atomic E-state index is -0.706. The molecule has 142 valence electrons. The maximum absolute atomic E-state index is 10.8. The predicted octanol–water partition coefficient (Wildman–Crippen LogP) is 1.23. The summed E-state index contributed by atoms with van der Waals surface area (Å²) in [6.45, 7) is 1.46. The van der Waals surface area contributed by atoms with Crippen LogP contribution in [-0.2, 0) is 16.7 Å². The highest BCUT2D eigenvalue weighted by Gasteiger charge is 2.56. The molecule has 1 aromatic rings. The predicted molar refractivity (Wildman–Crippen MR) is 96.6 cm³/mol. The summed E-state index contributed by atoms with van der Waals surface area (Å²) in [5, 5.41) is 21.2. The summed E-state index contributed by atoms with van der Waals surface area (Å²) in [4.78, 5) is 2.35. The molecule has 3 aliphatic rings. The lowest BCUT2D eigenvalue weighted by molar-refractivity contribution is -0.0318. The summed E-state index contributed by atoms with van der Waals surface area (Å²) in [6, 6.07) is 4.10. The van der Waals surface area contributed by atoms with Gasteiger partial charge in [-0.15, -0.1) is 0 Å². The van der Waals surface area contributed by atoms with E-state index in [1.807, 2.05) is 6.07 Å². The molecule has 1 aromatic carbocycles. The topological polar surface area (TPSA) is 71.4 Å². The average Bonchev–Trinajstić information content (AvgIpc) is 2.83. The maximum Gasteiger partial charge on any atom is 0.161 e. The molecule has 0 saturated carbocycles. The van der Waals surface area contributed by atoms with Crippen LogP contribution in [0.15, 0.2) is 23.8 Å². The second-order valence-corrected chi connectivity index (χ2v) is 7.38. The molecule has 1 fully saturated rings. The van der Waals surface area contributed by atoms with Gasteiger partial charge in [0.05, 0.1) is 38.1 Å². The van der Waals surface area contributed by atoms with E-state index in [2.05, 4.69) is 11.0 Å². The van der Waals surface area contributed by atoms with Crippen LogP contribution in [0.4, 0.5) is 0 Å². The van der Waals surface area contributed by atoms with Gasteiger partial charge in [-0.05, 0) is 54.3 Å². The van der Waals surface area contributed by atoms with Crippen LogP contribution in [-0.4, -0.2) is 67.8 Å². The van der Waals surface area contributed by atoms with E-state index in [0.29, 0.717) is 18.7 Å². The molecule has 6 nitrogen and oxygen atoms in total. The van der Waals surface area contributed by atoms with Crippen LogP contribution in [0.2, 0.25) is 0 Å². The van der Waals surface area contributed by atoms with Crippen molar-refractivity contribution in [2.75, 3.05) is 34.4 Å². The van der Waals surface area contributed by atoms with E-state index >= 15 is 0 Å². The molecule has 2 heterocycles. The van der Waals surface area contributed by atoms with Crippen LogP contribution >= 0.6 is 0 Å². The van der Waals surface area contributed by atoms with Crippen molar-refractivity contribution in [2.45, 2.75) is 43.1 Å². The van der Waals surface area contributed by atoms with Gasteiger partial charge in [-0.1, -0.05) is 0 Å². The number of fused-ring (bicyclic) bond motifs is 1. The molecule has 4 rings (SSSR count). The molecule has 0 aromatic heterocycles. The van der Waals surface area contributed by atoms with E-state index in [1.165, 1.54) is 5.56 Å². The molecular formula is C20H27NO5. The fourth-order valence-corrected chi connectivity index (χ4v) is 5.03. The van der Waals surface area contributed by atoms with Gasteiger partial charge in [-0.3, -0.25) is 4.90 Å². The first-order chi connectivity index (χ1) is 12.5. The van der Waals surface area contributed by atoms with Crippen molar-refractivity contribution in [1.82, 2.24) is 4.90 Å². The van der Waals surface area contributed by atoms with E-state index in [0.717, 1.165) is 36.3 Å². The van der Waals surface area contributed by atoms with Crippen molar-refractivity contribution < 1.29 is 24.4 Å². The highest BCUT2D eigenvalue weighted by molar-refractivity contribution is 5.55. The average molecular weight is 361 g/mol. The summed E-state index contributed by atoms with van der Waals surface area (Å²) in [6.07, 6.45) is 2.75. The lowest BCUT2D eigenvalue weighted by atomic mass is 9.71. The van der Waals surface area contributed by atoms with E-state index in [-0.39, 0.29) is 6.10 Å². The number of benzene rings is 1. The number of aliphatic hydroxyl groups is 2. The molecule has 4 atom stereocenters. The van der Waals surface area contributed by atoms with Gasteiger partial charge in [0.2, 0.25) is 0 Å². The van der Waals surface area contributed by atoms with Crippen LogP contribution < -0.4 is 9.47 Å². The third-order valence-electron chi connectivity index (χ3n) is 6.23. The van der Waals surface area contributed by atoms with Crippen LogP contribution in [0.25, 0.3) is 0 Å². The van der Waals surface area contributed by atoms with Gasteiger partial charge in [0.15, 0.2) is 11.5 Å². The Bertz CT molecular complexity index is 733. The van der Waals surface area contributed by atoms with Gasteiger partial charge in [0.25, 0.3) is 0 Å². The molecule has 0 amide bonds. The van der Waals surface area contributed by atoms with E-state index in [9.17, 15) is 10.2 Å². The van der Waals surface area contributed by atoms with Gasteiger partial charge in [0, 0.05) is 20.1 Å². The summed E-state index contributed by atoms with van der Waals surface area (Å²) in [5.41, 5.74) is 2.75. The SMILES string of the molecule is COc1cc2c(cc1OC)C13CC(OC)C(O)C=C1C(O)CN3CCC2. The number of methoxy groups -OCH3 is 3. The zero-order chi connectivity index (χ0) is 18.5. The van der Waals surface area contributed by atoms with Crippen LogP contribution in [0.5, 0.6) is 11.5 Å². The van der Waals surface area contributed by atoms with E-state index < -0.39 is 17.7 Å². The molecule has 1 spiro atoms. The number of aryl methyl sites for hydroxylation is 1. The Hall–Kier alpha value is -1.60. The minimum Gasteiger partial charge on any atom is -0.493 e. The first-order valence-corrected chi connectivity index (χ1v) is 9.16. The number of nitrogens with zero attached hydrogens (tertiary/aromatic N) is 1.